The van der Waals surface area contributed by atoms with Crippen LogP contribution in [0, 0.1) is 5.82 Å². The van der Waals surface area contributed by atoms with Gasteiger partial charge >= 0.3 is 0 Å². The zero-order valence-electron chi connectivity index (χ0n) is 15.4. The van der Waals surface area contributed by atoms with Crippen molar-refractivity contribution in [3.63, 3.8) is 0 Å². The van der Waals surface area contributed by atoms with Gasteiger partial charge in [-0.1, -0.05) is 24.3 Å². The number of amides is 1. The molecule has 1 N–H and O–H groups in total. The molecule has 0 aliphatic carbocycles. The first kappa shape index (κ1) is 19.7. The molecular weight excluding hydrogens is 335 g/mol. The summed E-state index contributed by atoms with van der Waals surface area (Å²) < 4.78 is 24.1. The first-order valence-corrected chi connectivity index (χ1v) is 8.43. The van der Waals surface area contributed by atoms with Crippen molar-refractivity contribution < 1.29 is 18.7 Å². The molecule has 26 heavy (non-hydrogen) atoms. The van der Waals surface area contributed by atoms with Gasteiger partial charge in [0, 0.05) is 13.1 Å². The molecule has 2 aromatic carbocycles. The monoisotopic (exact) mass is 360 g/mol. The van der Waals surface area contributed by atoms with Gasteiger partial charge in [-0.3, -0.25) is 9.69 Å². The van der Waals surface area contributed by atoms with E-state index in [0.29, 0.717) is 36.6 Å². The molecule has 0 heterocycles. The first-order valence-electron chi connectivity index (χ1n) is 8.43. The predicted octanol–water partition coefficient (Wildman–Crippen LogP) is 2.63. The van der Waals surface area contributed by atoms with Crippen molar-refractivity contribution in [1.29, 1.82) is 0 Å². The van der Waals surface area contributed by atoms with Crippen molar-refractivity contribution in [2.45, 2.75) is 13.0 Å². The Morgan fingerprint density at radius 2 is 1.85 bits per heavy atom. The van der Waals surface area contributed by atoms with Crippen LogP contribution in [0.5, 0.6) is 11.5 Å². The van der Waals surface area contributed by atoms with Crippen LogP contribution in [0.25, 0.3) is 0 Å². The number of likely N-dealkylation sites (N-methyl/N-ethyl adjacent to an activating group) is 1. The number of carbonyl (C=O) groups is 1. The third-order valence-corrected chi connectivity index (χ3v) is 3.99. The van der Waals surface area contributed by atoms with Gasteiger partial charge in [0.1, 0.15) is 5.82 Å². The Kier molecular flexibility index (Phi) is 7.41. The number of hydrogen-bond donors (Lipinski definition) is 1. The zero-order chi connectivity index (χ0) is 18.9. The second-order valence-electron chi connectivity index (χ2n) is 6.05. The van der Waals surface area contributed by atoms with Crippen molar-refractivity contribution in [2.24, 2.45) is 0 Å². The van der Waals surface area contributed by atoms with Crippen molar-refractivity contribution in [1.82, 2.24) is 10.2 Å². The highest BCUT2D eigenvalue weighted by Gasteiger charge is 2.10. The molecule has 0 bridgehead atoms. The van der Waals surface area contributed by atoms with Gasteiger partial charge in [-0.2, -0.15) is 0 Å². The molecule has 0 fully saturated rings. The van der Waals surface area contributed by atoms with Gasteiger partial charge in [0.25, 0.3) is 0 Å². The van der Waals surface area contributed by atoms with Crippen LogP contribution in [0.4, 0.5) is 4.39 Å². The van der Waals surface area contributed by atoms with Gasteiger partial charge in [0.05, 0.1) is 20.8 Å². The molecule has 6 heteroatoms. The Labute approximate surface area is 153 Å². The number of nitrogens with zero attached hydrogens (tertiary/aromatic N) is 1. The van der Waals surface area contributed by atoms with Crippen molar-refractivity contribution >= 4 is 5.91 Å². The van der Waals surface area contributed by atoms with E-state index in [2.05, 4.69) is 5.32 Å². The third kappa shape index (κ3) is 5.74. The van der Waals surface area contributed by atoms with Gasteiger partial charge in [-0.05, 0) is 42.8 Å². The van der Waals surface area contributed by atoms with Gasteiger partial charge in [0.2, 0.25) is 5.91 Å². The fourth-order valence-corrected chi connectivity index (χ4v) is 2.69. The summed E-state index contributed by atoms with van der Waals surface area (Å²) in [7, 11) is 5.05. The van der Waals surface area contributed by atoms with E-state index in [0.717, 1.165) is 5.56 Å². The number of carbonyl (C=O) groups excluding carboxylic acids is 1. The first-order chi connectivity index (χ1) is 12.5. The number of methoxy groups -OCH3 is 2. The van der Waals surface area contributed by atoms with Gasteiger partial charge in [-0.25, -0.2) is 4.39 Å². The summed E-state index contributed by atoms with van der Waals surface area (Å²) in [6, 6.07) is 12.3. The summed E-state index contributed by atoms with van der Waals surface area (Å²) in [4.78, 5) is 14.0. The fourth-order valence-electron chi connectivity index (χ4n) is 2.69. The summed E-state index contributed by atoms with van der Waals surface area (Å²) >= 11 is 0. The highest BCUT2D eigenvalue weighted by molar-refractivity contribution is 5.77. The number of hydrogen-bond acceptors (Lipinski definition) is 4. The van der Waals surface area contributed by atoms with Crippen LogP contribution in [0.15, 0.2) is 42.5 Å². The van der Waals surface area contributed by atoms with Gasteiger partial charge < -0.3 is 14.8 Å². The Morgan fingerprint density at radius 3 is 2.54 bits per heavy atom. The highest BCUT2D eigenvalue weighted by Crippen LogP contribution is 2.27. The summed E-state index contributed by atoms with van der Waals surface area (Å²) in [5.74, 6) is 0.995. The van der Waals surface area contributed by atoms with E-state index in [4.69, 9.17) is 9.47 Å². The molecule has 140 valence electrons. The van der Waals surface area contributed by atoms with Crippen LogP contribution in [-0.4, -0.2) is 45.2 Å². The van der Waals surface area contributed by atoms with E-state index in [1.165, 1.54) is 6.07 Å². The van der Waals surface area contributed by atoms with E-state index in [9.17, 15) is 9.18 Å². The average Bonchev–Trinajstić information content (AvgIpc) is 2.63. The topological polar surface area (TPSA) is 50.8 Å². The zero-order valence-corrected chi connectivity index (χ0v) is 15.4. The van der Waals surface area contributed by atoms with Crippen LogP contribution in [0.3, 0.4) is 0 Å². The Morgan fingerprint density at radius 1 is 1.12 bits per heavy atom. The Hall–Kier alpha value is -2.60. The SMILES string of the molecule is COc1ccc(CN(C)CC(=O)NCCc2ccccc2F)cc1OC. The van der Waals surface area contributed by atoms with E-state index < -0.39 is 0 Å². The van der Waals surface area contributed by atoms with Crippen LogP contribution in [0.2, 0.25) is 0 Å². The van der Waals surface area contributed by atoms with E-state index in [-0.39, 0.29) is 18.3 Å². The molecule has 1 amide bonds. The largest absolute Gasteiger partial charge is 0.493 e. The molecule has 0 spiro atoms. The van der Waals surface area contributed by atoms with Crippen LogP contribution in [0.1, 0.15) is 11.1 Å². The molecule has 0 aliphatic rings. The Bertz CT molecular complexity index is 737. The lowest BCUT2D eigenvalue weighted by atomic mass is 10.1. The summed E-state index contributed by atoms with van der Waals surface area (Å²) in [6.45, 7) is 1.26. The molecule has 0 unspecified atom stereocenters. The smallest absolute Gasteiger partial charge is 0.234 e. The number of nitrogens with one attached hydrogen (secondary N) is 1. The molecule has 0 radical (unpaired) electrons. The molecule has 2 rings (SSSR count). The molecule has 2 aromatic rings. The minimum Gasteiger partial charge on any atom is -0.493 e. The Balaban J connectivity index is 1.79. The van der Waals surface area contributed by atoms with Crippen LogP contribution >= 0.6 is 0 Å². The van der Waals surface area contributed by atoms with Crippen LogP contribution in [-0.2, 0) is 17.8 Å². The maximum absolute atomic E-state index is 13.5. The van der Waals surface area contributed by atoms with E-state index in [1.807, 2.05) is 30.1 Å². The lowest BCUT2D eigenvalue weighted by molar-refractivity contribution is -0.122. The normalized spacial score (nSPS) is 10.7. The molecule has 0 saturated carbocycles. The maximum atomic E-state index is 13.5. The van der Waals surface area contributed by atoms with Crippen LogP contribution < -0.4 is 14.8 Å². The number of halogens is 1. The van der Waals surface area contributed by atoms with Crippen molar-refractivity contribution in [3.8, 4) is 11.5 Å². The van der Waals surface area contributed by atoms with Crippen molar-refractivity contribution in [3.05, 3.63) is 59.4 Å². The minimum atomic E-state index is -0.243. The maximum Gasteiger partial charge on any atom is 0.234 e. The molecule has 0 aliphatic heterocycles. The molecule has 0 aromatic heterocycles. The standard InChI is InChI=1S/C20H25FN2O3/c1-23(13-15-8-9-18(25-2)19(12-15)26-3)14-20(24)22-11-10-16-6-4-5-7-17(16)21/h4-9,12H,10-11,13-14H2,1-3H3,(H,22,24). The highest BCUT2D eigenvalue weighted by atomic mass is 19.1. The van der Waals surface area contributed by atoms with E-state index >= 15 is 0 Å². The number of rotatable bonds is 9. The summed E-state index contributed by atoms with van der Waals surface area (Å²) in [5, 5.41) is 2.82. The molecule has 5 nitrogen and oxygen atoms in total. The lowest BCUT2D eigenvalue weighted by Crippen LogP contribution is -2.35. The van der Waals surface area contributed by atoms with Crippen molar-refractivity contribution in [2.75, 3.05) is 34.4 Å². The lowest BCUT2D eigenvalue weighted by Gasteiger charge is -2.17. The molecule has 0 atom stereocenters. The van der Waals surface area contributed by atoms with Gasteiger partial charge in [-0.15, -0.1) is 0 Å². The fraction of sp³-hybridized carbons (Fsp3) is 0.350. The average molecular weight is 360 g/mol. The summed E-state index contributed by atoms with van der Waals surface area (Å²) in [6.07, 6.45) is 0.470. The second-order valence-corrected chi connectivity index (χ2v) is 6.05. The molecule has 0 saturated heterocycles. The minimum absolute atomic E-state index is 0.0932. The third-order valence-electron chi connectivity index (χ3n) is 3.99. The molecular formula is C20H25FN2O3. The second kappa shape index (κ2) is 9.77. The number of ether oxygens (including phenoxy) is 2. The van der Waals surface area contributed by atoms with Gasteiger partial charge in [0.15, 0.2) is 11.5 Å². The quantitative estimate of drug-likeness (QED) is 0.747. The number of benzene rings is 2. The summed E-state index contributed by atoms with van der Waals surface area (Å²) in [5.41, 5.74) is 1.62. The predicted molar refractivity (Wildman–Crippen MR) is 99.0 cm³/mol. The van der Waals surface area contributed by atoms with E-state index in [1.54, 1.807) is 32.4 Å².